The molecule has 0 amide bonds. The van der Waals surface area contributed by atoms with Crippen molar-refractivity contribution in [2.75, 3.05) is 6.79 Å². The van der Waals surface area contributed by atoms with Crippen LogP contribution < -0.4 is 14.2 Å². The van der Waals surface area contributed by atoms with Gasteiger partial charge in [0.05, 0.1) is 6.61 Å². The molecule has 0 fully saturated rings. The van der Waals surface area contributed by atoms with Crippen molar-refractivity contribution in [3.8, 4) is 17.2 Å². The Bertz CT molecular complexity index is 622. The molecule has 1 aliphatic heterocycles. The lowest BCUT2D eigenvalue weighted by Gasteiger charge is -2.11. The fourth-order valence-electron chi connectivity index (χ4n) is 2.19. The Hall–Kier alpha value is -2.20. The Labute approximate surface area is 117 Å². The Morgan fingerprint density at radius 3 is 2.70 bits per heavy atom. The second-order valence-corrected chi connectivity index (χ2v) is 4.75. The van der Waals surface area contributed by atoms with Gasteiger partial charge in [-0.2, -0.15) is 0 Å². The minimum absolute atomic E-state index is 0.0974. The van der Waals surface area contributed by atoms with Gasteiger partial charge in [-0.3, -0.25) is 0 Å². The number of rotatable bonds is 4. The third-order valence-corrected chi connectivity index (χ3v) is 3.20. The van der Waals surface area contributed by atoms with E-state index in [1.54, 1.807) is 12.1 Å². The fourth-order valence-corrected chi connectivity index (χ4v) is 2.19. The summed E-state index contributed by atoms with van der Waals surface area (Å²) in [4.78, 5) is 0. The van der Waals surface area contributed by atoms with Crippen LogP contribution in [0.1, 0.15) is 16.7 Å². The van der Waals surface area contributed by atoms with E-state index in [0.717, 1.165) is 5.56 Å². The summed E-state index contributed by atoms with van der Waals surface area (Å²) in [6, 6.07) is 11.7. The highest BCUT2D eigenvalue weighted by molar-refractivity contribution is 5.51. The smallest absolute Gasteiger partial charge is 0.231 e. The van der Waals surface area contributed by atoms with Crippen molar-refractivity contribution in [2.45, 2.75) is 20.1 Å². The second kappa shape index (κ2) is 5.43. The molecule has 4 heteroatoms. The zero-order chi connectivity index (χ0) is 13.9. The molecule has 0 atom stereocenters. The molecule has 104 valence electrons. The maximum absolute atomic E-state index is 9.41. The summed E-state index contributed by atoms with van der Waals surface area (Å²) >= 11 is 0. The first kappa shape index (κ1) is 12.8. The molecule has 3 rings (SSSR count). The van der Waals surface area contributed by atoms with E-state index in [-0.39, 0.29) is 13.4 Å². The van der Waals surface area contributed by atoms with E-state index in [0.29, 0.717) is 29.4 Å². The van der Waals surface area contributed by atoms with Gasteiger partial charge in [-0.05, 0) is 18.6 Å². The number of ether oxygens (including phenoxy) is 3. The van der Waals surface area contributed by atoms with Crippen molar-refractivity contribution in [3.05, 3.63) is 53.1 Å². The largest absolute Gasteiger partial charge is 0.488 e. The molecule has 0 radical (unpaired) electrons. The number of benzene rings is 2. The van der Waals surface area contributed by atoms with Gasteiger partial charge in [0.15, 0.2) is 11.5 Å². The van der Waals surface area contributed by atoms with Crippen LogP contribution in [0, 0.1) is 6.92 Å². The SMILES string of the molecule is Cc1cccc(COc2cc3c(cc2CO)OCO3)c1. The topological polar surface area (TPSA) is 47.9 Å². The predicted molar refractivity (Wildman–Crippen MR) is 74.0 cm³/mol. The van der Waals surface area contributed by atoms with Gasteiger partial charge in [0.1, 0.15) is 12.4 Å². The molecule has 1 N–H and O–H groups in total. The van der Waals surface area contributed by atoms with Crippen molar-refractivity contribution in [1.82, 2.24) is 0 Å². The summed E-state index contributed by atoms with van der Waals surface area (Å²) in [5.41, 5.74) is 2.98. The number of fused-ring (bicyclic) bond motifs is 1. The van der Waals surface area contributed by atoms with Crippen LogP contribution in [0.3, 0.4) is 0 Å². The highest BCUT2D eigenvalue weighted by Gasteiger charge is 2.17. The van der Waals surface area contributed by atoms with Crippen LogP contribution in [-0.2, 0) is 13.2 Å². The van der Waals surface area contributed by atoms with E-state index < -0.39 is 0 Å². The molecule has 0 unspecified atom stereocenters. The van der Waals surface area contributed by atoms with E-state index in [4.69, 9.17) is 14.2 Å². The molecule has 2 aromatic carbocycles. The molecular weight excluding hydrogens is 256 g/mol. The van der Waals surface area contributed by atoms with Crippen LogP contribution in [0.25, 0.3) is 0 Å². The van der Waals surface area contributed by atoms with E-state index in [2.05, 4.69) is 6.07 Å². The van der Waals surface area contributed by atoms with Gasteiger partial charge in [-0.1, -0.05) is 29.8 Å². The maximum Gasteiger partial charge on any atom is 0.231 e. The van der Waals surface area contributed by atoms with Gasteiger partial charge in [-0.25, -0.2) is 0 Å². The van der Waals surface area contributed by atoms with Crippen molar-refractivity contribution < 1.29 is 19.3 Å². The normalized spacial score (nSPS) is 12.5. The second-order valence-electron chi connectivity index (χ2n) is 4.75. The molecule has 0 aromatic heterocycles. The van der Waals surface area contributed by atoms with Crippen LogP contribution in [0.2, 0.25) is 0 Å². The monoisotopic (exact) mass is 272 g/mol. The molecule has 0 saturated carbocycles. The molecule has 1 aliphatic rings. The molecule has 0 bridgehead atoms. The lowest BCUT2D eigenvalue weighted by Crippen LogP contribution is -1.99. The number of hydrogen-bond acceptors (Lipinski definition) is 4. The van der Waals surface area contributed by atoms with Crippen molar-refractivity contribution >= 4 is 0 Å². The van der Waals surface area contributed by atoms with Crippen LogP contribution in [0.15, 0.2) is 36.4 Å². The zero-order valence-corrected chi connectivity index (χ0v) is 11.3. The van der Waals surface area contributed by atoms with Gasteiger partial charge < -0.3 is 19.3 Å². The molecule has 0 spiro atoms. The van der Waals surface area contributed by atoms with Gasteiger partial charge in [-0.15, -0.1) is 0 Å². The van der Waals surface area contributed by atoms with Crippen LogP contribution >= 0.6 is 0 Å². The van der Waals surface area contributed by atoms with Gasteiger partial charge in [0.2, 0.25) is 6.79 Å². The first-order chi connectivity index (χ1) is 9.76. The van der Waals surface area contributed by atoms with Crippen LogP contribution in [0.4, 0.5) is 0 Å². The average molecular weight is 272 g/mol. The highest BCUT2D eigenvalue weighted by atomic mass is 16.7. The maximum atomic E-state index is 9.41. The lowest BCUT2D eigenvalue weighted by atomic mass is 10.1. The Balaban J connectivity index is 1.80. The molecule has 2 aromatic rings. The van der Waals surface area contributed by atoms with Gasteiger partial charge >= 0.3 is 0 Å². The number of aryl methyl sites for hydroxylation is 1. The fraction of sp³-hybridized carbons (Fsp3) is 0.250. The molecule has 0 saturated heterocycles. The summed E-state index contributed by atoms with van der Waals surface area (Å²) in [6.07, 6.45) is 0. The van der Waals surface area contributed by atoms with Crippen molar-refractivity contribution in [2.24, 2.45) is 0 Å². The molecule has 1 heterocycles. The summed E-state index contributed by atoms with van der Waals surface area (Å²) < 4.78 is 16.4. The zero-order valence-electron chi connectivity index (χ0n) is 11.3. The van der Waals surface area contributed by atoms with E-state index in [1.807, 2.05) is 25.1 Å². The molecule has 20 heavy (non-hydrogen) atoms. The first-order valence-electron chi connectivity index (χ1n) is 6.48. The quantitative estimate of drug-likeness (QED) is 0.929. The van der Waals surface area contributed by atoms with E-state index in [1.165, 1.54) is 5.56 Å². The average Bonchev–Trinajstić information content (AvgIpc) is 2.91. The van der Waals surface area contributed by atoms with E-state index >= 15 is 0 Å². The first-order valence-corrected chi connectivity index (χ1v) is 6.48. The minimum atomic E-state index is -0.0974. The Morgan fingerprint density at radius 2 is 1.95 bits per heavy atom. The number of hydrogen-bond donors (Lipinski definition) is 1. The summed E-state index contributed by atoms with van der Waals surface area (Å²) in [7, 11) is 0. The summed E-state index contributed by atoms with van der Waals surface area (Å²) in [5.74, 6) is 1.93. The standard InChI is InChI=1S/C16H16O4/c1-11-3-2-4-12(5-11)9-18-14-7-16-15(19-10-20-16)6-13(14)8-17/h2-7,17H,8-10H2,1H3. The number of aliphatic hydroxyl groups excluding tert-OH is 1. The van der Waals surface area contributed by atoms with Crippen molar-refractivity contribution in [3.63, 3.8) is 0 Å². The Morgan fingerprint density at radius 1 is 1.15 bits per heavy atom. The van der Waals surface area contributed by atoms with E-state index in [9.17, 15) is 5.11 Å². The highest BCUT2D eigenvalue weighted by Crippen LogP contribution is 2.38. The lowest BCUT2D eigenvalue weighted by molar-refractivity contribution is 0.173. The van der Waals surface area contributed by atoms with Crippen LogP contribution in [0.5, 0.6) is 17.2 Å². The summed E-state index contributed by atoms with van der Waals surface area (Å²) in [6.45, 7) is 2.61. The molecule has 4 nitrogen and oxygen atoms in total. The van der Waals surface area contributed by atoms with Crippen molar-refractivity contribution in [1.29, 1.82) is 0 Å². The Kier molecular flexibility index (Phi) is 3.48. The summed E-state index contributed by atoms with van der Waals surface area (Å²) in [5, 5.41) is 9.41. The van der Waals surface area contributed by atoms with Crippen LogP contribution in [-0.4, -0.2) is 11.9 Å². The molecule has 0 aliphatic carbocycles. The third kappa shape index (κ3) is 2.56. The van der Waals surface area contributed by atoms with Gasteiger partial charge in [0, 0.05) is 11.6 Å². The number of aliphatic hydroxyl groups is 1. The predicted octanol–water partition coefficient (Wildman–Crippen LogP) is 2.80. The third-order valence-electron chi connectivity index (χ3n) is 3.20. The molecular formula is C16H16O4. The van der Waals surface area contributed by atoms with Gasteiger partial charge in [0.25, 0.3) is 0 Å². The minimum Gasteiger partial charge on any atom is -0.488 e.